The fourth-order valence-electron chi connectivity index (χ4n) is 1.76. The van der Waals surface area contributed by atoms with Crippen molar-refractivity contribution in [3.63, 3.8) is 0 Å². The molecule has 0 bridgehead atoms. The minimum atomic E-state index is -0.396. The number of benzene rings is 1. The van der Waals surface area contributed by atoms with Gasteiger partial charge < -0.3 is 5.32 Å². The van der Waals surface area contributed by atoms with Crippen molar-refractivity contribution in [3.05, 3.63) is 58.3 Å². The third kappa shape index (κ3) is 5.33. The van der Waals surface area contributed by atoms with Crippen LogP contribution in [0, 0.1) is 0 Å². The SMILES string of the molecule is C/C(CC(=O)Nc1ccc(Cl)c(Cl)c1)=N\NC(=O)c1cccnc1. The van der Waals surface area contributed by atoms with Crippen LogP contribution in [0.5, 0.6) is 0 Å². The number of anilines is 1. The lowest BCUT2D eigenvalue weighted by Gasteiger charge is -2.06. The maximum Gasteiger partial charge on any atom is 0.272 e. The van der Waals surface area contributed by atoms with Gasteiger partial charge in [-0.05, 0) is 37.3 Å². The summed E-state index contributed by atoms with van der Waals surface area (Å²) in [4.78, 5) is 27.6. The van der Waals surface area contributed by atoms with E-state index in [1.165, 1.54) is 6.20 Å². The lowest BCUT2D eigenvalue weighted by atomic mass is 10.2. The van der Waals surface area contributed by atoms with Crippen molar-refractivity contribution >= 4 is 46.4 Å². The first kappa shape index (κ1) is 17.9. The Morgan fingerprint density at radius 2 is 2.00 bits per heavy atom. The van der Waals surface area contributed by atoms with Crippen LogP contribution in [-0.4, -0.2) is 22.5 Å². The Bertz CT molecular complexity index is 779. The fraction of sp³-hybridized carbons (Fsp3) is 0.125. The average molecular weight is 365 g/mol. The first-order chi connectivity index (χ1) is 11.5. The Hall–Kier alpha value is -2.44. The molecule has 0 fully saturated rings. The summed E-state index contributed by atoms with van der Waals surface area (Å²) in [6.45, 7) is 1.64. The third-order valence-corrected chi connectivity index (χ3v) is 3.63. The quantitative estimate of drug-likeness (QED) is 0.628. The van der Waals surface area contributed by atoms with Crippen molar-refractivity contribution in [3.8, 4) is 0 Å². The second-order valence-corrected chi connectivity index (χ2v) is 5.70. The van der Waals surface area contributed by atoms with Crippen molar-refractivity contribution in [1.29, 1.82) is 0 Å². The maximum atomic E-state index is 11.9. The second-order valence-electron chi connectivity index (χ2n) is 4.88. The predicted molar refractivity (Wildman–Crippen MR) is 94.5 cm³/mol. The van der Waals surface area contributed by atoms with E-state index < -0.39 is 5.91 Å². The average Bonchev–Trinajstić information content (AvgIpc) is 2.56. The molecule has 8 heteroatoms. The van der Waals surface area contributed by atoms with Gasteiger partial charge in [0.15, 0.2) is 0 Å². The number of carbonyl (C=O) groups excluding carboxylic acids is 2. The molecule has 124 valence electrons. The highest BCUT2D eigenvalue weighted by molar-refractivity contribution is 6.42. The highest BCUT2D eigenvalue weighted by atomic mass is 35.5. The van der Waals surface area contributed by atoms with Gasteiger partial charge in [0.2, 0.25) is 5.91 Å². The molecule has 0 saturated carbocycles. The van der Waals surface area contributed by atoms with Crippen LogP contribution >= 0.6 is 23.2 Å². The molecule has 1 heterocycles. The van der Waals surface area contributed by atoms with E-state index in [0.717, 1.165) is 0 Å². The van der Waals surface area contributed by atoms with E-state index in [-0.39, 0.29) is 12.3 Å². The van der Waals surface area contributed by atoms with Crippen LogP contribution in [0.1, 0.15) is 23.7 Å². The molecule has 0 aliphatic carbocycles. The number of nitrogens with zero attached hydrogens (tertiary/aromatic N) is 2. The predicted octanol–water partition coefficient (Wildman–Crippen LogP) is 3.52. The number of hydrazone groups is 1. The number of nitrogens with one attached hydrogen (secondary N) is 2. The van der Waals surface area contributed by atoms with Crippen LogP contribution in [0.2, 0.25) is 10.0 Å². The zero-order valence-electron chi connectivity index (χ0n) is 12.7. The number of hydrogen-bond acceptors (Lipinski definition) is 4. The van der Waals surface area contributed by atoms with E-state index in [1.54, 1.807) is 43.5 Å². The summed E-state index contributed by atoms with van der Waals surface area (Å²) in [5, 5.41) is 7.33. The van der Waals surface area contributed by atoms with Crippen LogP contribution in [-0.2, 0) is 4.79 Å². The van der Waals surface area contributed by atoms with Crippen LogP contribution in [0.25, 0.3) is 0 Å². The zero-order valence-corrected chi connectivity index (χ0v) is 14.2. The highest BCUT2D eigenvalue weighted by Gasteiger charge is 2.08. The van der Waals surface area contributed by atoms with Crippen LogP contribution in [0.3, 0.4) is 0 Å². The highest BCUT2D eigenvalue weighted by Crippen LogP contribution is 2.25. The molecular formula is C16H14Cl2N4O2. The molecule has 24 heavy (non-hydrogen) atoms. The van der Waals surface area contributed by atoms with Crippen molar-refractivity contribution in [2.45, 2.75) is 13.3 Å². The summed E-state index contributed by atoms with van der Waals surface area (Å²) >= 11 is 11.7. The molecule has 2 aromatic rings. The molecule has 0 aliphatic rings. The molecule has 2 N–H and O–H groups in total. The van der Waals surface area contributed by atoms with Gasteiger partial charge in [-0.3, -0.25) is 14.6 Å². The Morgan fingerprint density at radius 1 is 1.21 bits per heavy atom. The second kappa shape index (κ2) is 8.42. The number of carbonyl (C=O) groups is 2. The van der Waals surface area contributed by atoms with Crippen molar-refractivity contribution in [2.75, 3.05) is 5.32 Å². The summed E-state index contributed by atoms with van der Waals surface area (Å²) < 4.78 is 0. The summed E-state index contributed by atoms with van der Waals surface area (Å²) in [6.07, 6.45) is 3.02. The number of hydrogen-bond donors (Lipinski definition) is 2. The van der Waals surface area contributed by atoms with Gasteiger partial charge in [0.05, 0.1) is 22.0 Å². The smallest absolute Gasteiger partial charge is 0.272 e. The van der Waals surface area contributed by atoms with Gasteiger partial charge in [-0.15, -0.1) is 0 Å². The minimum absolute atomic E-state index is 0.0214. The fourth-order valence-corrected chi connectivity index (χ4v) is 2.06. The van der Waals surface area contributed by atoms with Crippen molar-refractivity contribution in [1.82, 2.24) is 10.4 Å². The largest absolute Gasteiger partial charge is 0.326 e. The maximum absolute atomic E-state index is 11.9. The summed E-state index contributed by atoms with van der Waals surface area (Å²) in [6, 6.07) is 8.05. The lowest BCUT2D eigenvalue weighted by molar-refractivity contribution is -0.115. The first-order valence-corrected chi connectivity index (χ1v) is 7.69. The molecule has 2 rings (SSSR count). The van der Waals surface area contributed by atoms with Crippen LogP contribution < -0.4 is 10.7 Å². The molecule has 1 aromatic carbocycles. The summed E-state index contributed by atoms with van der Waals surface area (Å²) in [5.74, 6) is -0.683. The van der Waals surface area contributed by atoms with E-state index in [9.17, 15) is 9.59 Å². The molecule has 0 aliphatic heterocycles. The molecule has 0 atom stereocenters. The van der Waals surface area contributed by atoms with Crippen LogP contribution in [0.4, 0.5) is 5.69 Å². The Labute approximate surface area is 148 Å². The molecule has 2 amide bonds. The van der Waals surface area contributed by atoms with E-state index in [0.29, 0.717) is 27.0 Å². The summed E-state index contributed by atoms with van der Waals surface area (Å²) in [5.41, 5.74) is 3.74. The molecule has 6 nitrogen and oxygen atoms in total. The van der Waals surface area contributed by atoms with E-state index in [2.05, 4.69) is 20.8 Å². The molecule has 0 unspecified atom stereocenters. The number of aromatic nitrogens is 1. The monoisotopic (exact) mass is 364 g/mol. The number of amides is 2. The normalized spacial score (nSPS) is 11.0. The zero-order chi connectivity index (χ0) is 17.5. The van der Waals surface area contributed by atoms with Gasteiger partial charge in [-0.1, -0.05) is 23.2 Å². The Kier molecular flexibility index (Phi) is 6.28. The van der Waals surface area contributed by atoms with Crippen LogP contribution in [0.15, 0.2) is 47.8 Å². The molecule has 0 spiro atoms. The third-order valence-electron chi connectivity index (χ3n) is 2.89. The molecule has 1 aromatic heterocycles. The first-order valence-electron chi connectivity index (χ1n) is 6.94. The Morgan fingerprint density at radius 3 is 2.67 bits per heavy atom. The van der Waals surface area contributed by atoms with Gasteiger partial charge in [-0.2, -0.15) is 5.10 Å². The van der Waals surface area contributed by atoms with Crippen molar-refractivity contribution < 1.29 is 9.59 Å². The van der Waals surface area contributed by atoms with Gasteiger partial charge >= 0.3 is 0 Å². The number of pyridine rings is 1. The molecular weight excluding hydrogens is 351 g/mol. The number of halogens is 2. The van der Waals surface area contributed by atoms with Gasteiger partial charge in [0, 0.05) is 23.8 Å². The number of rotatable bonds is 5. The van der Waals surface area contributed by atoms with Gasteiger partial charge in [0.25, 0.3) is 5.91 Å². The molecule has 0 radical (unpaired) electrons. The standard InChI is InChI=1S/C16H14Cl2N4O2/c1-10(21-22-16(24)11-3-2-6-19-9-11)7-15(23)20-12-4-5-13(17)14(18)8-12/h2-6,8-9H,7H2,1H3,(H,20,23)(H,22,24)/b21-10+. The minimum Gasteiger partial charge on any atom is -0.326 e. The Balaban J connectivity index is 1.88. The molecule has 0 saturated heterocycles. The van der Waals surface area contributed by atoms with E-state index >= 15 is 0 Å². The van der Waals surface area contributed by atoms with Gasteiger partial charge in [-0.25, -0.2) is 5.43 Å². The van der Waals surface area contributed by atoms with E-state index in [4.69, 9.17) is 23.2 Å². The summed E-state index contributed by atoms with van der Waals surface area (Å²) in [7, 11) is 0. The topological polar surface area (TPSA) is 83.5 Å². The lowest BCUT2D eigenvalue weighted by Crippen LogP contribution is -2.21. The van der Waals surface area contributed by atoms with Crippen molar-refractivity contribution in [2.24, 2.45) is 5.10 Å². The van der Waals surface area contributed by atoms with Gasteiger partial charge in [0.1, 0.15) is 0 Å². The van der Waals surface area contributed by atoms with E-state index in [1.807, 2.05) is 0 Å².